The van der Waals surface area contributed by atoms with Crippen molar-refractivity contribution in [3.63, 3.8) is 0 Å². The first-order valence-electron chi connectivity index (χ1n) is 8.49. The number of carbonyl (C=O) groups is 1. The van der Waals surface area contributed by atoms with Crippen molar-refractivity contribution in [2.45, 2.75) is 38.1 Å². The Bertz CT molecular complexity index is 957. The molecule has 0 radical (unpaired) electrons. The van der Waals surface area contributed by atoms with Crippen molar-refractivity contribution in [1.29, 1.82) is 0 Å². The average molecular weight is 376 g/mol. The number of fused-ring (bicyclic) bond motifs is 1. The second-order valence-corrected chi connectivity index (χ2v) is 8.31. The molecule has 1 aliphatic heterocycles. The molecule has 0 aliphatic carbocycles. The molecule has 1 N–H and O–H groups in total. The van der Waals surface area contributed by atoms with Crippen LogP contribution in [0.25, 0.3) is 0 Å². The van der Waals surface area contributed by atoms with E-state index in [-0.39, 0.29) is 30.3 Å². The van der Waals surface area contributed by atoms with Crippen molar-refractivity contribution in [3.8, 4) is 0 Å². The lowest BCUT2D eigenvalue weighted by Crippen LogP contribution is -2.31. The van der Waals surface area contributed by atoms with Gasteiger partial charge in [0, 0.05) is 25.2 Å². The fourth-order valence-electron chi connectivity index (χ4n) is 3.10. The number of aryl methyl sites for hydroxylation is 2. The molecular weight excluding hydrogens is 355 g/mol. The minimum absolute atomic E-state index is 0.174. The summed E-state index contributed by atoms with van der Waals surface area (Å²) >= 11 is 0. The second-order valence-electron chi connectivity index (χ2n) is 6.41. The van der Waals surface area contributed by atoms with Crippen molar-refractivity contribution < 1.29 is 17.6 Å². The molecule has 1 heterocycles. The van der Waals surface area contributed by atoms with E-state index in [1.807, 2.05) is 31.2 Å². The van der Waals surface area contributed by atoms with Gasteiger partial charge in [-0.05, 0) is 36.6 Å². The Morgan fingerprint density at radius 1 is 1.19 bits per heavy atom. The largest absolute Gasteiger partial charge is 0.326 e. The molecule has 0 atom stereocenters. The fraction of sp³-hybridized carbons (Fsp3) is 0.316. The lowest BCUT2D eigenvalue weighted by Gasteiger charge is -2.23. The number of nitrogens with one attached hydrogen (secondary N) is 1. The van der Waals surface area contributed by atoms with Crippen molar-refractivity contribution in [2.24, 2.45) is 0 Å². The summed E-state index contributed by atoms with van der Waals surface area (Å²) in [7, 11) is -3.99. The van der Waals surface area contributed by atoms with Crippen LogP contribution in [0, 0.1) is 12.7 Å². The van der Waals surface area contributed by atoms with E-state index in [0.29, 0.717) is 17.7 Å². The SMILES string of the molecule is CCN(Cc1cccc(C)c1)S(=O)(=O)c1cc2c(cc1F)NC(=O)CC2. The molecule has 0 spiro atoms. The molecule has 1 amide bonds. The van der Waals surface area contributed by atoms with E-state index in [4.69, 9.17) is 0 Å². The maximum absolute atomic E-state index is 14.5. The van der Waals surface area contributed by atoms with Gasteiger partial charge in [-0.1, -0.05) is 36.8 Å². The number of carbonyl (C=O) groups excluding carboxylic acids is 1. The summed E-state index contributed by atoms with van der Waals surface area (Å²) in [6, 6.07) is 10.0. The van der Waals surface area contributed by atoms with Crippen LogP contribution in [-0.2, 0) is 27.8 Å². The van der Waals surface area contributed by atoms with Gasteiger partial charge in [0.05, 0.1) is 0 Å². The Kier molecular flexibility index (Phi) is 5.11. The highest BCUT2D eigenvalue weighted by atomic mass is 32.2. The molecule has 0 aromatic heterocycles. The summed E-state index contributed by atoms with van der Waals surface area (Å²) in [6.45, 7) is 4.06. The summed E-state index contributed by atoms with van der Waals surface area (Å²) in [4.78, 5) is 11.1. The zero-order valence-electron chi connectivity index (χ0n) is 14.8. The monoisotopic (exact) mass is 376 g/mol. The van der Waals surface area contributed by atoms with Gasteiger partial charge in [-0.3, -0.25) is 4.79 Å². The first kappa shape index (κ1) is 18.5. The van der Waals surface area contributed by atoms with Crippen LogP contribution in [0.2, 0.25) is 0 Å². The van der Waals surface area contributed by atoms with Crippen LogP contribution in [0.15, 0.2) is 41.3 Å². The highest BCUT2D eigenvalue weighted by Crippen LogP contribution is 2.30. The van der Waals surface area contributed by atoms with E-state index in [2.05, 4.69) is 5.32 Å². The Hall–Kier alpha value is -2.25. The Labute approximate surface area is 152 Å². The fourth-order valence-corrected chi connectivity index (χ4v) is 4.63. The smallest absolute Gasteiger partial charge is 0.246 e. The summed E-state index contributed by atoms with van der Waals surface area (Å²) < 4.78 is 41.8. The van der Waals surface area contributed by atoms with Gasteiger partial charge in [0.15, 0.2) is 0 Å². The van der Waals surface area contributed by atoms with Gasteiger partial charge in [-0.15, -0.1) is 0 Å². The molecule has 3 rings (SSSR count). The van der Waals surface area contributed by atoms with Gasteiger partial charge in [-0.2, -0.15) is 4.31 Å². The van der Waals surface area contributed by atoms with E-state index in [1.54, 1.807) is 6.92 Å². The molecule has 2 aromatic carbocycles. The average Bonchev–Trinajstić information content (AvgIpc) is 2.58. The van der Waals surface area contributed by atoms with Gasteiger partial charge in [0.1, 0.15) is 10.7 Å². The quantitative estimate of drug-likeness (QED) is 0.871. The van der Waals surface area contributed by atoms with Crippen LogP contribution in [0.5, 0.6) is 0 Å². The number of anilines is 1. The third-order valence-electron chi connectivity index (χ3n) is 4.47. The zero-order valence-corrected chi connectivity index (χ0v) is 15.6. The van der Waals surface area contributed by atoms with Crippen molar-refractivity contribution in [3.05, 3.63) is 58.9 Å². The van der Waals surface area contributed by atoms with Crippen molar-refractivity contribution in [1.82, 2.24) is 4.31 Å². The molecule has 5 nitrogen and oxygen atoms in total. The first-order chi connectivity index (χ1) is 12.3. The summed E-state index contributed by atoms with van der Waals surface area (Å²) in [5.41, 5.74) is 2.86. The number of halogens is 1. The second kappa shape index (κ2) is 7.17. The number of benzene rings is 2. The minimum atomic E-state index is -3.99. The summed E-state index contributed by atoms with van der Waals surface area (Å²) in [5.74, 6) is -1.05. The van der Waals surface area contributed by atoms with Crippen molar-refractivity contribution in [2.75, 3.05) is 11.9 Å². The van der Waals surface area contributed by atoms with E-state index in [1.165, 1.54) is 10.4 Å². The normalized spacial score (nSPS) is 14.2. The third-order valence-corrected chi connectivity index (χ3v) is 6.40. The van der Waals surface area contributed by atoms with Crippen LogP contribution in [0.4, 0.5) is 10.1 Å². The molecule has 26 heavy (non-hydrogen) atoms. The van der Waals surface area contributed by atoms with Crippen LogP contribution in [-0.4, -0.2) is 25.2 Å². The molecule has 1 aliphatic rings. The number of nitrogens with zero attached hydrogens (tertiary/aromatic N) is 1. The first-order valence-corrected chi connectivity index (χ1v) is 9.93. The zero-order chi connectivity index (χ0) is 18.9. The number of hydrogen-bond acceptors (Lipinski definition) is 3. The lowest BCUT2D eigenvalue weighted by atomic mass is 10.0. The van der Waals surface area contributed by atoms with E-state index >= 15 is 0 Å². The van der Waals surface area contributed by atoms with Gasteiger partial charge in [-0.25, -0.2) is 12.8 Å². The number of amides is 1. The lowest BCUT2D eigenvalue weighted by molar-refractivity contribution is -0.116. The number of rotatable bonds is 5. The molecule has 138 valence electrons. The van der Waals surface area contributed by atoms with Crippen LogP contribution in [0.3, 0.4) is 0 Å². The van der Waals surface area contributed by atoms with Crippen molar-refractivity contribution >= 4 is 21.6 Å². The van der Waals surface area contributed by atoms with Gasteiger partial charge in [0.25, 0.3) is 0 Å². The van der Waals surface area contributed by atoms with Crippen LogP contribution < -0.4 is 5.32 Å². The number of hydrogen-bond donors (Lipinski definition) is 1. The minimum Gasteiger partial charge on any atom is -0.326 e. The molecule has 0 bridgehead atoms. The summed E-state index contributed by atoms with van der Waals surface area (Å²) in [6.07, 6.45) is 0.660. The molecule has 7 heteroatoms. The molecular formula is C19H21FN2O3S. The van der Waals surface area contributed by atoms with E-state index < -0.39 is 15.8 Å². The van der Waals surface area contributed by atoms with E-state index in [0.717, 1.165) is 17.2 Å². The maximum atomic E-state index is 14.5. The predicted molar refractivity (Wildman–Crippen MR) is 97.8 cm³/mol. The predicted octanol–water partition coefficient (Wildman–Crippen LogP) is 3.23. The van der Waals surface area contributed by atoms with E-state index in [9.17, 15) is 17.6 Å². The van der Waals surface area contributed by atoms with Gasteiger partial charge >= 0.3 is 0 Å². The highest BCUT2D eigenvalue weighted by Gasteiger charge is 2.29. The molecule has 0 saturated carbocycles. The Morgan fingerprint density at radius 3 is 2.65 bits per heavy atom. The maximum Gasteiger partial charge on any atom is 0.246 e. The third kappa shape index (κ3) is 3.64. The molecule has 2 aromatic rings. The molecule has 0 saturated heterocycles. The Morgan fingerprint density at radius 2 is 1.96 bits per heavy atom. The van der Waals surface area contributed by atoms with Crippen LogP contribution >= 0.6 is 0 Å². The number of sulfonamides is 1. The standard InChI is InChI=1S/C19H21FN2O3S/c1-3-22(12-14-6-4-5-13(2)9-14)26(24,25)18-10-15-7-8-19(23)21-17(15)11-16(18)20/h4-6,9-11H,3,7-8,12H2,1-2H3,(H,21,23). The summed E-state index contributed by atoms with van der Waals surface area (Å²) in [5, 5.41) is 2.58. The highest BCUT2D eigenvalue weighted by molar-refractivity contribution is 7.89. The molecule has 0 fully saturated rings. The molecule has 0 unspecified atom stereocenters. The Balaban J connectivity index is 1.96. The topological polar surface area (TPSA) is 66.5 Å². The van der Waals surface area contributed by atoms with Crippen LogP contribution in [0.1, 0.15) is 30.0 Å². The van der Waals surface area contributed by atoms with Gasteiger partial charge < -0.3 is 5.32 Å². The van der Waals surface area contributed by atoms with Gasteiger partial charge in [0.2, 0.25) is 15.9 Å².